The Morgan fingerprint density at radius 3 is 2.14 bits per heavy atom. The number of anilines is 1. The molecule has 1 heterocycles. The average molecular weight is 289 g/mol. The van der Waals surface area contributed by atoms with Crippen LogP contribution in [0.15, 0.2) is 24.3 Å². The van der Waals surface area contributed by atoms with Crippen LogP contribution in [-0.4, -0.2) is 24.2 Å². The van der Waals surface area contributed by atoms with Crippen molar-refractivity contribution in [1.29, 1.82) is 0 Å². The maximum absolute atomic E-state index is 5.77. The number of nitrogens with two attached hydrogens (primary N) is 1. The third kappa shape index (κ3) is 3.98. The summed E-state index contributed by atoms with van der Waals surface area (Å²) in [4.78, 5) is 8.50. The molecule has 0 unspecified atom stereocenters. The zero-order chi connectivity index (χ0) is 15.2. The summed E-state index contributed by atoms with van der Waals surface area (Å²) in [6.07, 6.45) is 1.69. The van der Waals surface area contributed by atoms with E-state index in [0.29, 0.717) is 34.8 Å². The number of nitrogens with zero attached hydrogens (tertiary/aromatic N) is 2. The molecule has 2 N–H and O–H groups in total. The standard InChI is InChI=1S/C15H19N3O3/c1-4-5-14-17-13(16)9-15(18-14)21-12-7-10(19-2)6-11(8-12)20-3/h6-9H,4-5H2,1-3H3,(H2,16,17,18). The maximum Gasteiger partial charge on any atom is 0.224 e. The number of methoxy groups -OCH3 is 2. The molecule has 2 aromatic rings. The number of ether oxygens (including phenoxy) is 3. The fourth-order valence-corrected chi connectivity index (χ4v) is 1.84. The molecule has 0 amide bonds. The van der Waals surface area contributed by atoms with Crippen LogP contribution in [-0.2, 0) is 6.42 Å². The van der Waals surface area contributed by atoms with Gasteiger partial charge in [-0.25, -0.2) is 4.98 Å². The van der Waals surface area contributed by atoms with E-state index in [2.05, 4.69) is 16.9 Å². The number of nitrogen functional groups attached to an aromatic ring is 1. The second-order valence-corrected chi connectivity index (χ2v) is 4.45. The molecule has 0 aliphatic heterocycles. The first-order valence-corrected chi connectivity index (χ1v) is 6.69. The van der Waals surface area contributed by atoms with Crippen LogP contribution >= 0.6 is 0 Å². The van der Waals surface area contributed by atoms with Gasteiger partial charge in [0, 0.05) is 30.7 Å². The van der Waals surface area contributed by atoms with Crippen LogP contribution < -0.4 is 19.9 Å². The third-order valence-corrected chi connectivity index (χ3v) is 2.79. The predicted octanol–water partition coefficient (Wildman–Crippen LogP) is 2.82. The summed E-state index contributed by atoms with van der Waals surface area (Å²) >= 11 is 0. The van der Waals surface area contributed by atoms with E-state index < -0.39 is 0 Å². The van der Waals surface area contributed by atoms with Gasteiger partial charge in [-0.15, -0.1) is 0 Å². The van der Waals surface area contributed by atoms with Gasteiger partial charge < -0.3 is 19.9 Å². The summed E-state index contributed by atoms with van der Waals surface area (Å²) in [5.41, 5.74) is 5.77. The molecule has 0 atom stereocenters. The first-order chi connectivity index (χ1) is 10.1. The lowest BCUT2D eigenvalue weighted by atomic mass is 10.3. The molecular formula is C15H19N3O3. The Kier molecular flexibility index (Phi) is 4.81. The van der Waals surface area contributed by atoms with E-state index in [0.717, 1.165) is 12.8 Å². The molecule has 1 aromatic carbocycles. The number of hydrogen-bond acceptors (Lipinski definition) is 6. The van der Waals surface area contributed by atoms with E-state index in [1.165, 1.54) is 0 Å². The SMILES string of the molecule is CCCc1nc(N)cc(Oc2cc(OC)cc(OC)c2)n1. The van der Waals surface area contributed by atoms with Crippen LogP contribution in [0.25, 0.3) is 0 Å². The maximum atomic E-state index is 5.77. The van der Waals surface area contributed by atoms with Gasteiger partial charge in [0.15, 0.2) is 0 Å². The highest BCUT2D eigenvalue weighted by Gasteiger charge is 2.07. The highest BCUT2D eigenvalue weighted by Crippen LogP contribution is 2.30. The van der Waals surface area contributed by atoms with Crippen molar-refractivity contribution in [2.24, 2.45) is 0 Å². The van der Waals surface area contributed by atoms with Gasteiger partial charge in [0.1, 0.15) is 28.9 Å². The van der Waals surface area contributed by atoms with Crippen molar-refractivity contribution in [3.8, 4) is 23.1 Å². The lowest BCUT2D eigenvalue weighted by Gasteiger charge is -2.10. The number of rotatable bonds is 6. The van der Waals surface area contributed by atoms with Gasteiger partial charge in [0.05, 0.1) is 14.2 Å². The Bertz CT molecular complexity index is 595. The zero-order valence-corrected chi connectivity index (χ0v) is 12.4. The Hall–Kier alpha value is -2.50. The molecular weight excluding hydrogens is 270 g/mol. The van der Waals surface area contributed by atoms with Crippen molar-refractivity contribution in [3.05, 3.63) is 30.1 Å². The van der Waals surface area contributed by atoms with Crippen LogP contribution in [0.2, 0.25) is 0 Å². The van der Waals surface area contributed by atoms with Crippen molar-refractivity contribution in [1.82, 2.24) is 9.97 Å². The normalized spacial score (nSPS) is 10.2. The minimum atomic E-state index is 0.387. The van der Waals surface area contributed by atoms with E-state index in [1.807, 2.05) is 0 Å². The van der Waals surface area contributed by atoms with E-state index in [1.54, 1.807) is 38.5 Å². The number of benzene rings is 1. The van der Waals surface area contributed by atoms with Crippen molar-refractivity contribution in [3.63, 3.8) is 0 Å². The molecule has 0 radical (unpaired) electrons. The van der Waals surface area contributed by atoms with E-state index >= 15 is 0 Å². The Labute approximate surface area is 123 Å². The smallest absolute Gasteiger partial charge is 0.224 e. The summed E-state index contributed by atoms with van der Waals surface area (Å²) < 4.78 is 16.1. The largest absolute Gasteiger partial charge is 0.496 e. The lowest BCUT2D eigenvalue weighted by Crippen LogP contribution is -2.01. The molecule has 0 aliphatic rings. The second-order valence-electron chi connectivity index (χ2n) is 4.45. The molecule has 112 valence electrons. The van der Waals surface area contributed by atoms with Crippen LogP contribution in [0.4, 0.5) is 5.82 Å². The molecule has 0 saturated carbocycles. The van der Waals surface area contributed by atoms with Crippen molar-refractivity contribution < 1.29 is 14.2 Å². The highest BCUT2D eigenvalue weighted by atomic mass is 16.5. The number of hydrogen-bond donors (Lipinski definition) is 1. The third-order valence-electron chi connectivity index (χ3n) is 2.79. The molecule has 6 heteroatoms. The van der Waals surface area contributed by atoms with Gasteiger partial charge in [-0.3, -0.25) is 0 Å². The average Bonchev–Trinajstić information content (AvgIpc) is 2.46. The Balaban J connectivity index is 2.28. The first-order valence-electron chi connectivity index (χ1n) is 6.69. The molecule has 0 fully saturated rings. The highest BCUT2D eigenvalue weighted by molar-refractivity contribution is 5.44. The number of aromatic nitrogens is 2. The minimum absolute atomic E-state index is 0.387. The molecule has 0 saturated heterocycles. The van der Waals surface area contributed by atoms with Crippen molar-refractivity contribution in [2.75, 3.05) is 20.0 Å². The molecule has 0 aliphatic carbocycles. The van der Waals surface area contributed by atoms with E-state index in [-0.39, 0.29) is 0 Å². The molecule has 0 bridgehead atoms. The van der Waals surface area contributed by atoms with E-state index in [9.17, 15) is 0 Å². The lowest BCUT2D eigenvalue weighted by molar-refractivity contribution is 0.384. The van der Waals surface area contributed by atoms with Crippen LogP contribution in [0.1, 0.15) is 19.2 Å². The van der Waals surface area contributed by atoms with Crippen LogP contribution in [0.3, 0.4) is 0 Å². The van der Waals surface area contributed by atoms with Gasteiger partial charge in [0.2, 0.25) is 5.88 Å². The topological polar surface area (TPSA) is 79.5 Å². The fraction of sp³-hybridized carbons (Fsp3) is 0.333. The summed E-state index contributed by atoms with van der Waals surface area (Å²) in [5.74, 6) is 3.30. The minimum Gasteiger partial charge on any atom is -0.496 e. The van der Waals surface area contributed by atoms with Gasteiger partial charge in [-0.05, 0) is 6.42 Å². The van der Waals surface area contributed by atoms with Crippen molar-refractivity contribution >= 4 is 5.82 Å². The number of aryl methyl sites for hydroxylation is 1. The summed E-state index contributed by atoms with van der Waals surface area (Å²) in [6, 6.07) is 6.86. The first kappa shape index (κ1) is 14.9. The van der Waals surface area contributed by atoms with Gasteiger partial charge in [-0.1, -0.05) is 6.92 Å². The molecule has 2 rings (SSSR count). The predicted molar refractivity (Wildman–Crippen MR) is 80.1 cm³/mol. The second kappa shape index (κ2) is 6.78. The van der Waals surface area contributed by atoms with Crippen LogP contribution in [0, 0.1) is 0 Å². The quantitative estimate of drug-likeness (QED) is 0.880. The summed E-state index contributed by atoms with van der Waals surface area (Å²) in [7, 11) is 3.17. The fourth-order valence-electron chi connectivity index (χ4n) is 1.84. The molecule has 1 aromatic heterocycles. The van der Waals surface area contributed by atoms with Crippen LogP contribution in [0.5, 0.6) is 23.1 Å². The molecule has 21 heavy (non-hydrogen) atoms. The Morgan fingerprint density at radius 1 is 0.952 bits per heavy atom. The summed E-state index contributed by atoms with van der Waals surface area (Å²) in [6.45, 7) is 2.06. The van der Waals surface area contributed by atoms with Crippen molar-refractivity contribution in [2.45, 2.75) is 19.8 Å². The molecule has 0 spiro atoms. The summed E-state index contributed by atoms with van der Waals surface area (Å²) in [5, 5.41) is 0. The van der Waals surface area contributed by atoms with Gasteiger partial charge in [0.25, 0.3) is 0 Å². The zero-order valence-electron chi connectivity index (χ0n) is 12.4. The van der Waals surface area contributed by atoms with E-state index in [4.69, 9.17) is 19.9 Å². The molecule has 6 nitrogen and oxygen atoms in total. The Morgan fingerprint density at radius 2 is 1.57 bits per heavy atom. The monoisotopic (exact) mass is 289 g/mol. The van der Waals surface area contributed by atoms with Gasteiger partial charge >= 0.3 is 0 Å². The van der Waals surface area contributed by atoms with Gasteiger partial charge in [-0.2, -0.15) is 4.98 Å².